The van der Waals surface area contributed by atoms with Gasteiger partial charge in [0.1, 0.15) is 5.71 Å². The van der Waals surface area contributed by atoms with Gasteiger partial charge in [-0.15, -0.1) is 0 Å². The Kier molecular flexibility index (Phi) is 1.65. The second kappa shape index (κ2) is 2.69. The molecule has 66 valence electrons. The Balaban J connectivity index is 2.62. The Bertz CT molecular complexity index is 407. The molecule has 0 spiro atoms. The highest BCUT2D eigenvalue weighted by Crippen LogP contribution is 2.23. The number of fused-ring (bicyclic) bond motifs is 1. The number of hydrogen-bond donors (Lipinski definition) is 1. The van der Waals surface area contributed by atoms with Crippen LogP contribution in [-0.4, -0.2) is 16.7 Å². The van der Waals surface area contributed by atoms with Crippen LogP contribution in [0.4, 0.5) is 0 Å². The molecule has 0 saturated heterocycles. The summed E-state index contributed by atoms with van der Waals surface area (Å²) in [5.41, 5.74) is 2.97. The number of hydrogen-bond acceptors (Lipinski definition) is 3. The second-order valence-corrected chi connectivity index (χ2v) is 3.15. The van der Waals surface area contributed by atoms with E-state index < -0.39 is 0 Å². The Morgan fingerprint density at radius 3 is 2.85 bits per heavy atom. The fourth-order valence-electron chi connectivity index (χ4n) is 1.63. The van der Waals surface area contributed by atoms with E-state index in [1.165, 1.54) is 0 Å². The first-order valence-corrected chi connectivity index (χ1v) is 4.08. The lowest BCUT2D eigenvalue weighted by atomic mass is 10.1. The van der Waals surface area contributed by atoms with Crippen molar-refractivity contribution in [1.29, 1.82) is 0 Å². The minimum absolute atomic E-state index is 0.152. The van der Waals surface area contributed by atoms with E-state index >= 15 is 0 Å². The number of nitrogens with zero attached hydrogens (tertiary/aromatic N) is 1. The highest BCUT2D eigenvalue weighted by atomic mass is 16.4. The third-order valence-electron chi connectivity index (χ3n) is 2.38. The number of Topliss-reactive ketones (excluding diaryl/α,β-unsaturated/α-hetero) is 1. The van der Waals surface area contributed by atoms with Gasteiger partial charge in [0.2, 0.25) is 5.78 Å². The number of carbonyl (C=O) groups is 1. The van der Waals surface area contributed by atoms with Crippen LogP contribution in [0.2, 0.25) is 0 Å². The van der Waals surface area contributed by atoms with Crippen molar-refractivity contribution in [1.82, 2.24) is 0 Å². The van der Waals surface area contributed by atoms with Crippen LogP contribution in [0, 0.1) is 6.92 Å². The maximum atomic E-state index is 11.5. The zero-order valence-electron chi connectivity index (χ0n) is 7.24. The predicted octanol–water partition coefficient (Wildman–Crippen LogP) is 1.56. The van der Waals surface area contributed by atoms with Crippen molar-refractivity contribution in [2.45, 2.75) is 13.3 Å². The van der Waals surface area contributed by atoms with Crippen LogP contribution in [-0.2, 0) is 6.42 Å². The molecule has 0 aromatic heterocycles. The van der Waals surface area contributed by atoms with E-state index in [4.69, 9.17) is 5.21 Å². The van der Waals surface area contributed by atoms with Crippen LogP contribution >= 0.6 is 0 Å². The van der Waals surface area contributed by atoms with Gasteiger partial charge in [-0.05, 0) is 18.1 Å². The molecule has 13 heavy (non-hydrogen) atoms. The molecule has 1 aliphatic rings. The highest BCUT2D eigenvalue weighted by molar-refractivity contribution is 6.49. The Morgan fingerprint density at radius 2 is 2.23 bits per heavy atom. The summed E-state index contributed by atoms with van der Waals surface area (Å²) in [7, 11) is 0. The SMILES string of the molecule is Cc1cccc2c1C/C(=N/O)C2=O. The van der Waals surface area contributed by atoms with Crippen LogP contribution in [0.5, 0.6) is 0 Å². The lowest BCUT2D eigenvalue weighted by molar-refractivity contribution is 0.106. The van der Waals surface area contributed by atoms with Crippen molar-refractivity contribution < 1.29 is 10.0 Å². The summed E-state index contributed by atoms with van der Waals surface area (Å²) >= 11 is 0. The van der Waals surface area contributed by atoms with Crippen LogP contribution in [0.15, 0.2) is 23.4 Å². The Morgan fingerprint density at radius 1 is 1.46 bits per heavy atom. The molecule has 1 N–H and O–H groups in total. The highest BCUT2D eigenvalue weighted by Gasteiger charge is 2.27. The number of aryl methyl sites for hydroxylation is 1. The summed E-state index contributed by atoms with van der Waals surface area (Å²) in [6.07, 6.45) is 0.456. The molecule has 0 unspecified atom stereocenters. The first-order chi connectivity index (χ1) is 6.24. The molecule has 1 aromatic rings. The molecule has 1 aliphatic carbocycles. The van der Waals surface area contributed by atoms with Gasteiger partial charge in [0, 0.05) is 12.0 Å². The lowest BCUT2D eigenvalue weighted by Gasteiger charge is -1.98. The van der Waals surface area contributed by atoms with E-state index in [1.54, 1.807) is 6.07 Å². The fourth-order valence-corrected chi connectivity index (χ4v) is 1.63. The van der Waals surface area contributed by atoms with Crippen molar-refractivity contribution in [3.8, 4) is 0 Å². The lowest BCUT2D eigenvalue weighted by Crippen LogP contribution is -2.06. The molecule has 1 aromatic carbocycles. The summed E-state index contributed by atoms with van der Waals surface area (Å²) < 4.78 is 0. The number of oxime groups is 1. The van der Waals surface area contributed by atoms with Crippen molar-refractivity contribution >= 4 is 11.5 Å². The third-order valence-corrected chi connectivity index (χ3v) is 2.38. The minimum atomic E-state index is -0.152. The molecule has 0 saturated carbocycles. The van der Waals surface area contributed by atoms with Crippen molar-refractivity contribution in [2.75, 3.05) is 0 Å². The maximum Gasteiger partial charge on any atom is 0.211 e. The van der Waals surface area contributed by atoms with Crippen molar-refractivity contribution in [3.05, 3.63) is 34.9 Å². The molecule has 0 radical (unpaired) electrons. The monoisotopic (exact) mass is 175 g/mol. The summed E-state index contributed by atoms with van der Waals surface area (Å²) in [5, 5.41) is 11.6. The largest absolute Gasteiger partial charge is 0.411 e. The van der Waals surface area contributed by atoms with Gasteiger partial charge < -0.3 is 5.21 Å². The van der Waals surface area contributed by atoms with E-state index in [1.807, 2.05) is 19.1 Å². The van der Waals surface area contributed by atoms with Crippen molar-refractivity contribution in [3.63, 3.8) is 0 Å². The molecule has 0 amide bonds. The number of benzene rings is 1. The van der Waals surface area contributed by atoms with Crippen LogP contribution in [0.1, 0.15) is 21.5 Å². The molecular weight excluding hydrogens is 166 g/mol. The molecule has 0 atom stereocenters. The van der Waals surface area contributed by atoms with E-state index in [9.17, 15) is 4.79 Å². The molecule has 3 heteroatoms. The van der Waals surface area contributed by atoms with Gasteiger partial charge in [-0.25, -0.2) is 0 Å². The summed E-state index contributed by atoms with van der Waals surface area (Å²) in [6, 6.07) is 5.56. The topological polar surface area (TPSA) is 49.7 Å². The molecule has 3 nitrogen and oxygen atoms in total. The van der Waals surface area contributed by atoms with Gasteiger partial charge in [-0.3, -0.25) is 4.79 Å². The molecule has 0 aliphatic heterocycles. The average Bonchev–Trinajstić information content (AvgIpc) is 2.45. The van der Waals surface area contributed by atoms with Gasteiger partial charge >= 0.3 is 0 Å². The van der Waals surface area contributed by atoms with Gasteiger partial charge in [0.05, 0.1) is 0 Å². The summed E-state index contributed by atoms with van der Waals surface area (Å²) in [4.78, 5) is 11.5. The fraction of sp³-hybridized carbons (Fsp3) is 0.200. The zero-order chi connectivity index (χ0) is 9.42. The molecule has 0 bridgehead atoms. The third kappa shape index (κ3) is 1.04. The van der Waals surface area contributed by atoms with Crippen LogP contribution < -0.4 is 0 Å². The first-order valence-electron chi connectivity index (χ1n) is 4.08. The zero-order valence-corrected chi connectivity index (χ0v) is 7.24. The van der Waals surface area contributed by atoms with Gasteiger partial charge in [0.15, 0.2) is 0 Å². The minimum Gasteiger partial charge on any atom is -0.411 e. The van der Waals surface area contributed by atoms with Crippen molar-refractivity contribution in [2.24, 2.45) is 5.16 Å². The average molecular weight is 175 g/mol. The van der Waals surface area contributed by atoms with E-state index in [2.05, 4.69) is 5.16 Å². The molecule has 2 rings (SSSR count). The van der Waals surface area contributed by atoms with Gasteiger partial charge in [0.25, 0.3) is 0 Å². The van der Waals surface area contributed by atoms with Crippen LogP contribution in [0.25, 0.3) is 0 Å². The molecular formula is C10H9NO2. The standard InChI is InChI=1S/C10H9NO2/c1-6-3-2-4-7-8(6)5-9(11-13)10(7)12/h2-4,13H,5H2,1H3/b11-9-. The van der Waals surface area contributed by atoms with Crippen LogP contribution in [0.3, 0.4) is 0 Å². The Hall–Kier alpha value is -1.64. The number of ketones is 1. The summed E-state index contributed by atoms with van der Waals surface area (Å²) in [6.45, 7) is 1.95. The quantitative estimate of drug-likeness (QED) is 0.480. The normalized spacial score (nSPS) is 17.9. The molecule has 0 heterocycles. The number of rotatable bonds is 0. The van der Waals surface area contributed by atoms with E-state index in [0.29, 0.717) is 12.0 Å². The van der Waals surface area contributed by atoms with Gasteiger partial charge in [-0.1, -0.05) is 23.4 Å². The number of carbonyl (C=O) groups excluding carboxylic acids is 1. The van der Waals surface area contributed by atoms with Gasteiger partial charge in [-0.2, -0.15) is 0 Å². The maximum absolute atomic E-state index is 11.5. The predicted molar refractivity (Wildman–Crippen MR) is 48.4 cm³/mol. The Labute approximate surface area is 75.7 Å². The van der Waals surface area contributed by atoms with E-state index in [-0.39, 0.29) is 11.5 Å². The second-order valence-electron chi connectivity index (χ2n) is 3.15. The summed E-state index contributed by atoms with van der Waals surface area (Å²) in [5.74, 6) is -0.152. The molecule has 0 fully saturated rings. The first kappa shape index (κ1) is 7.98. The van der Waals surface area contributed by atoms with E-state index in [0.717, 1.165) is 11.1 Å². The smallest absolute Gasteiger partial charge is 0.211 e.